The van der Waals surface area contributed by atoms with Gasteiger partial charge in [0.1, 0.15) is 6.10 Å². The lowest BCUT2D eigenvalue weighted by Crippen LogP contribution is -2.53. The van der Waals surface area contributed by atoms with Crippen molar-refractivity contribution in [2.45, 2.75) is 113 Å². The largest absolute Gasteiger partial charge is 0.369 e. The second kappa shape index (κ2) is 5.92. The summed E-state index contributed by atoms with van der Waals surface area (Å²) in [4.78, 5) is 0. The van der Waals surface area contributed by atoms with Gasteiger partial charge >= 0.3 is 0 Å². The highest BCUT2D eigenvalue weighted by Gasteiger charge is 2.65. The molecule has 3 heterocycles. The van der Waals surface area contributed by atoms with Gasteiger partial charge in [-0.2, -0.15) is 5.26 Å². The molecule has 2 bridgehead atoms. The number of nitrogens with zero attached hydrogens (tertiary/aromatic N) is 1. The average molecular weight is 347 g/mol. The molecule has 5 nitrogen and oxygen atoms in total. The van der Waals surface area contributed by atoms with Crippen LogP contribution < -0.4 is 0 Å². The van der Waals surface area contributed by atoms with Crippen LogP contribution in [0.4, 0.5) is 0 Å². The highest BCUT2D eigenvalue weighted by atomic mass is 16.8. The second-order valence-electron chi connectivity index (χ2n) is 8.93. The predicted molar refractivity (Wildman–Crippen MR) is 89.7 cm³/mol. The zero-order valence-corrected chi connectivity index (χ0v) is 15.1. The van der Waals surface area contributed by atoms with E-state index < -0.39 is 0 Å². The summed E-state index contributed by atoms with van der Waals surface area (Å²) in [5, 5.41) is 9.12. The number of nitriles is 1. The smallest absolute Gasteiger partial charge is 0.169 e. The molecule has 2 aliphatic carbocycles. The quantitative estimate of drug-likeness (QED) is 0.765. The average Bonchev–Trinajstić information content (AvgIpc) is 3.11. The third-order valence-corrected chi connectivity index (χ3v) is 7.07. The molecule has 5 rings (SSSR count). The van der Waals surface area contributed by atoms with E-state index in [0.29, 0.717) is 0 Å². The fourth-order valence-corrected chi connectivity index (χ4v) is 5.94. The SMILES string of the molecule is C[C@@H](C#N)C[C@H]1CC[C@@H]2O[C@@H]3CC2(C[C@H]2OC4(CCCCC4)O[C@@H]32)O1. The second-order valence-corrected chi connectivity index (χ2v) is 8.93. The van der Waals surface area contributed by atoms with Gasteiger partial charge in [0.25, 0.3) is 0 Å². The van der Waals surface area contributed by atoms with E-state index in [1.807, 2.05) is 6.92 Å². The van der Waals surface area contributed by atoms with Crippen molar-refractivity contribution in [1.29, 1.82) is 5.26 Å². The van der Waals surface area contributed by atoms with Crippen LogP contribution in [0.3, 0.4) is 0 Å². The van der Waals surface area contributed by atoms with E-state index in [-0.39, 0.29) is 47.8 Å². The molecule has 0 amide bonds. The highest BCUT2D eigenvalue weighted by Crippen LogP contribution is 2.55. The third-order valence-electron chi connectivity index (χ3n) is 7.07. The van der Waals surface area contributed by atoms with Gasteiger partial charge in [0.15, 0.2) is 5.79 Å². The molecule has 0 aromatic carbocycles. The standard InChI is InChI=1S/C20H29NO4/c1-13(12-21)9-14-5-6-17-19(23-14)10-15(22-17)18-16(11-19)24-20(25-18)7-3-2-4-8-20/h13-18H,2-11H2,1H3/t13-,14-,15-,16-,17+,18+,19?/m1/s1. The first-order chi connectivity index (χ1) is 12.1. The van der Waals surface area contributed by atoms with Crippen LogP contribution in [-0.2, 0) is 18.9 Å². The molecule has 0 aromatic rings. The monoisotopic (exact) mass is 347 g/mol. The molecule has 138 valence electrons. The van der Waals surface area contributed by atoms with Crippen LogP contribution in [0.2, 0.25) is 0 Å². The van der Waals surface area contributed by atoms with Crippen molar-refractivity contribution in [3.05, 3.63) is 0 Å². The van der Waals surface area contributed by atoms with Gasteiger partial charge in [0, 0.05) is 31.6 Å². The molecule has 5 heteroatoms. The molecule has 7 atom stereocenters. The molecule has 5 fully saturated rings. The molecule has 0 N–H and O–H groups in total. The molecule has 25 heavy (non-hydrogen) atoms. The molecule has 1 unspecified atom stereocenters. The van der Waals surface area contributed by atoms with E-state index in [4.69, 9.17) is 24.2 Å². The van der Waals surface area contributed by atoms with E-state index in [2.05, 4.69) is 6.07 Å². The van der Waals surface area contributed by atoms with Gasteiger partial charge in [-0.15, -0.1) is 0 Å². The fourth-order valence-electron chi connectivity index (χ4n) is 5.94. The maximum Gasteiger partial charge on any atom is 0.169 e. The van der Waals surface area contributed by atoms with Crippen molar-refractivity contribution in [3.63, 3.8) is 0 Å². The van der Waals surface area contributed by atoms with Gasteiger partial charge < -0.3 is 18.9 Å². The van der Waals surface area contributed by atoms with Crippen LogP contribution in [-0.4, -0.2) is 41.9 Å². The van der Waals surface area contributed by atoms with Crippen molar-refractivity contribution in [3.8, 4) is 6.07 Å². The Morgan fingerprint density at radius 3 is 2.64 bits per heavy atom. The molecular weight excluding hydrogens is 318 g/mol. The minimum absolute atomic E-state index is 0.0454. The molecule has 0 aromatic heterocycles. The van der Waals surface area contributed by atoms with Crippen molar-refractivity contribution >= 4 is 0 Å². The van der Waals surface area contributed by atoms with Crippen LogP contribution >= 0.6 is 0 Å². The van der Waals surface area contributed by atoms with Gasteiger partial charge in [-0.25, -0.2) is 0 Å². The Balaban J connectivity index is 1.33. The summed E-state index contributed by atoms with van der Waals surface area (Å²) in [6.45, 7) is 1.98. The van der Waals surface area contributed by atoms with Crippen LogP contribution in [0.1, 0.15) is 71.1 Å². The molecule has 2 spiro atoms. The van der Waals surface area contributed by atoms with Crippen molar-refractivity contribution in [2.24, 2.45) is 5.92 Å². The highest BCUT2D eigenvalue weighted by molar-refractivity contribution is 5.12. The van der Waals surface area contributed by atoms with Crippen LogP contribution in [0, 0.1) is 17.2 Å². The summed E-state index contributed by atoms with van der Waals surface area (Å²) in [5.74, 6) is -0.305. The van der Waals surface area contributed by atoms with Crippen molar-refractivity contribution in [2.75, 3.05) is 0 Å². The number of hydrogen-bond acceptors (Lipinski definition) is 5. The lowest BCUT2D eigenvalue weighted by molar-refractivity contribution is -0.216. The maximum atomic E-state index is 9.12. The summed E-state index contributed by atoms with van der Waals surface area (Å²) in [5.41, 5.74) is -0.215. The van der Waals surface area contributed by atoms with Crippen LogP contribution in [0.25, 0.3) is 0 Å². The predicted octanol–water partition coefficient (Wildman–Crippen LogP) is 3.46. The summed E-state index contributed by atoms with van der Waals surface area (Å²) >= 11 is 0. The molecule has 2 saturated carbocycles. The minimum Gasteiger partial charge on any atom is -0.369 e. The van der Waals surface area contributed by atoms with Gasteiger partial charge in [0.2, 0.25) is 0 Å². The number of ether oxygens (including phenoxy) is 4. The molecule has 3 saturated heterocycles. The number of rotatable bonds is 2. The Morgan fingerprint density at radius 2 is 1.84 bits per heavy atom. The van der Waals surface area contributed by atoms with Crippen LogP contribution in [0.5, 0.6) is 0 Å². The first-order valence-corrected chi connectivity index (χ1v) is 10.2. The molecular formula is C20H29NO4. The van der Waals surface area contributed by atoms with Gasteiger partial charge in [-0.3, -0.25) is 0 Å². The third kappa shape index (κ3) is 2.65. The van der Waals surface area contributed by atoms with Crippen LogP contribution in [0.15, 0.2) is 0 Å². The summed E-state index contributed by atoms with van der Waals surface area (Å²) in [7, 11) is 0. The lowest BCUT2D eigenvalue weighted by atomic mass is 9.76. The van der Waals surface area contributed by atoms with E-state index in [1.54, 1.807) is 0 Å². The van der Waals surface area contributed by atoms with Gasteiger partial charge in [-0.1, -0.05) is 6.42 Å². The fraction of sp³-hybridized carbons (Fsp3) is 0.950. The van der Waals surface area contributed by atoms with Gasteiger partial charge in [0.05, 0.1) is 36.1 Å². The van der Waals surface area contributed by atoms with Gasteiger partial charge in [-0.05, 0) is 39.0 Å². The summed E-state index contributed by atoms with van der Waals surface area (Å²) < 4.78 is 26.0. The number of fused-ring (bicyclic) bond motifs is 3. The lowest BCUT2D eigenvalue weighted by Gasteiger charge is -2.44. The van der Waals surface area contributed by atoms with E-state index in [9.17, 15) is 0 Å². The van der Waals surface area contributed by atoms with Crippen molar-refractivity contribution < 1.29 is 18.9 Å². The van der Waals surface area contributed by atoms with E-state index in [1.165, 1.54) is 19.3 Å². The Labute approximate surface area is 149 Å². The van der Waals surface area contributed by atoms with Crippen molar-refractivity contribution in [1.82, 2.24) is 0 Å². The minimum atomic E-state index is -0.350. The summed E-state index contributed by atoms with van der Waals surface area (Å²) in [6.07, 6.45) is 11.0. The van der Waals surface area contributed by atoms with E-state index in [0.717, 1.165) is 44.9 Å². The Kier molecular flexibility index (Phi) is 3.91. The zero-order chi connectivity index (χ0) is 17.1. The molecule has 0 radical (unpaired) electrons. The Morgan fingerprint density at radius 1 is 1.04 bits per heavy atom. The first-order valence-electron chi connectivity index (χ1n) is 10.2. The zero-order valence-electron chi connectivity index (χ0n) is 15.1. The maximum absolute atomic E-state index is 9.12. The normalized spacial score (nSPS) is 48.6. The Hall–Kier alpha value is -0.670. The Bertz CT molecular complexity index is 569. The first kappa shape index (κ1) is 16.5. The van der Waals surface area contributed by atoms with E-state index >= 15 is 0 Å². The topological polar surface area (TPSA) is 60.7 Å². The summed E-state index contributed by atoms with van der Waals surface area (Å²) in [6, 6.07) is 2.35. The molecule has 5 aliphatic rings. The number of hydrogen-bond donors (Lipinski definition) is 0. The molecule has 3 aliphatic heterocycles.